The summed E-state index contributed by atoms with van der Waals surface area (Å²) in [4.78, 5) is 34.2. The highest BCUT2D eigenvalue weighted by Crippen LogP contribution is 2.25. The van der Waals surface area contributed by atoms with Gasteiger partial charge in [-0.1, -0.05) is 0 Å². The maximum Gasteiger partial charge on any atom is 0.289 e. The molecule has 0 aromatic carbocycles. The molecule has 0 aliphatic carbocycles. The molecule has 1 aromatic heterocycles. The molecule has 2 saturated heterocycles. The number of aromatic nitrogens is 2. The number of carbonyl (C=O) groups is 2. The van der Waals surface area contributed by atoms with Gasteiger partial charge in [0.2, 0.25) is 0 Å². The summed E-state index contributed by atoms with van der Waals surface area (Å²) in [6.07, 6.45) is 8.46. The van der Waals surface area contributed by atoms with Crippen LogP contribution in [0.25, 0.3) is 0 Å². The molecule has 4 heterocycles. The van der Waals surface area contributed by atoms with E-state index in [4.69, 9.17) is 0 Å². The predicted molar refractivity (Wildman–Crippen MR) is 90.1 cm³/mol. The molecule has 0 radical (unpaired) electrons. The van der Waals surface area contributed by atoms with Gasteiger partial charge in [-0.2, -0.15) is 0 Å². The van der Waals surface area contributed by atoms with Crippen molar-refractivity contribution in [2.75, 3.05) is 26.2 Å². The van der Waals surface area contributed by atoms with Crippen LogP contribution >= 0.6 is 0 Å². The van der Waals surface area contributed by atoms with Crippen molar-refractivity contribution in [2.45, 2.75) is 57.9 Å². The van der Waals surface area contributed by atoms with Gasteiger partial charge in [0.25, 0.3) is 11.8 Å². The van der Waals surface area contributed by atoms with E-state index in [1.807, 2.05) is 14.4 Å². The first-order valence-corrected chi connectivity index (χ1v) is 9.43. The smallest absolute Gasteiger partial charge is 0.289 e. The molecule has 24 heavy (non-hydrogen) atoms. The van der Waals surface area contributed by atoms with E-state index in [1.54, 1.807) is 0 Å². The first-order valence-electron chi connectivity index (χ1n) is 9.43. The van der Waals surface area contributed by atoms with Crippen molar-refractivity contribution in [3.63, 3.8) is 0 Å². The summed E-state index contributed by atoms with van der Waals surface area (Å²) in [5.41, 5.74) is 1.53. The third-order valence-corrected chi connectivity index (χ3v) is 5.55. The number of hydrogen-bond acceptors (Lipinski definition) is 3. The molecule has 0 atom stereocenters. The van der Waals surface area contributed by atoms with E-state index in [0.717, 1.165) is 83.4 Å². The molecule has 6 nitrogen and oxygen atoms in total. The second kappa shape index (κ2) is 6.57. The number of carbonyl (C=O) groups excluding carboxylic acids is 2. The Morgan fingerprint density at radius 2 is 1.29 bits per heavy atom. The van der Waals surface area contributed by atoms with Crippen LogP contribution in [0, 0.1) is 0 Å². The molecule has 6 heteroatoms. The average Bonchev–Trinajstić information content (AvgIpc) is 3.29. The summed E-state index contributed by atoms with van der Waals surface area (Å²) in [7, 11) is 0. The molecule has 0 bridgehead atoms. The molecule has 0 N–H and O–H groups in total. The third kappa shape index (κ3) is 2.72. The molecule has 0 unspecified atom stereocenters. The van der Waals surface area contributed by atoms with Crippen LogP contribution in [0.2, 0.25) is 0 Å². The number of piperidine rings is 1. The fourth-order valence-corrected chi connectivity index (χ4v) is 4.19. The van der Waals surface area contributed by atoms with Crippen molar-refractivity contribution in [2.24, 2.45) is 0 Å². The Labute approximate surface area is 142 Å². The Morgan fingerprint density at radius 3 is 2.00 bits per heavy atom. The molecule has 4 rings (SSSR count). The van der Waals surface area contributed by atoms with Gasteiger partial charge in [-0.25, -0.2) is 4.98 Å². The Balaban J connectivity index is 1.66. The van der Waals surface area contributed by atoms with Gasteiger partial charge in [0.15, 0.2) is 5.82 Å². The fraction of sp³-hybridized carbons (Fsp3) is 0.722. The standard InChI is InChI=1S/C18H26N4O2/c23-17(20-9-3-1-4-10-20)15-14-8-2-5-13-22(14)16(19-15)18(24)21-11-6-7-12-21/h1-13H2. The highest BCUT2D eigenvalue weighted by Gasteiger charge is 2.32. The largest absolute Gasteiger partial charge is 0.337 e. The van der Waals surface area contributed by atoms with E-state index in [9.17, 15) is 9.59 Å². The number of imidazole rings is 1. The van der Waals surface area contributed by atoms with Crippen molar-refractivity contribution < 1.29 is 9.59 Å². The van der Waals surface area contributed by atoms with E-state index in [1.165, 1.54) is 6.42 Å². The van der Waals surface area contributed by atoms with E-state index in [2.05, 4.69) is 4.98 Å². The Hall–Kier alpha value is -1.85. The van der Waals surface area contributed by atoms with Gasteiger partial charge in [-0.05, 0) is 51.4 Å². The molecule has 0 saturated carbocycles. The monoisotopic (exact) mass is 330 g/mol. The van der Waals surface area contributed by atoms with Crippen molar-refractivity contribution in [1.29, 1.82) is 0 Å². The predicted octanol–water partition coefficient (Wildman–Crippen LogP) is 2.08. The number of amides is 2. The first-order chi connectivity index (χ1) is 11.8. The van der Waals surface area contributed by atoms with Crippen molar-refractivity contribution in [3.8, 4) is 0 Å². The van der Waals surface area contributed by atoms with Crippen LogP contribution in [0.1, 0.15) is 71.7 Å². The molecule has 3 aliphatic heterocycles. The Bertz CT molecular complexity index is 640. The lowest BCUT2D eigenvalue weighted by Crippen LogP contribution is -2.36. The second-order valence-electron chi connectivity index (χ2n) is 7.19. The number of fused-ring (bicyclic) bond motifs is 1. The minimum atomic E-state index is 0.00773. The summed E-state index contributed by atoms with van der Waals surface area (Å²) in [5, 5.41) is 0. The zero-order valence-corrected chi connectivity index (χ0v) is 14.3. The third-order valence-electron chi connectivity index (χ3n) is 5.55. The first kappa shape index (κ1) is 15.7. The minimum absolute atomic E-state index is 0.00773. The molecular weight excluding hydrogens is 304 g/mol. The van der Waals surface area contributed by atoms with E-state index in [-0.39, 0.29) is 11.8 Å². The quantitative estimate of drug-likeness (QED) is 0.834. The van der Waals surface area contributed by atoms with Crippen molar-refractivity contribution in [3.05, 3.63) is 17.2 Å². The second-order valence-corrected chi connectivity index (χ2v) is 7.19. The highest BCUT2D eigenvalue weighted by molar-refractivity contribution is 5.97. The van der Waals surface area contributed by atoms with Crippen LogP contribution in [0.15, 0.2) is 0 Å². The summed E-state index contributed by atoms with van der Waals surface area (Å²) < 4.78 is 2.03. The maximum absolute atomic E-state index is 13.0. The molecule has 2 fully saturated rings. The average molecular weight is 330 g/mol. The maximum atomic E-state index is 13.0. The van der Waals surface area contributed by atoms with Crippen LogP contribution in [-0.2, 0) is 13.0 Å². The van der Waals surface area contributed by atoms with Gasteiger partial charge in [0.05, 0.1) is 5.69 Å². The lowest BCUT2D eigenvalue weighted by atomic mass is 10.1. The van der Waals surface area contributed by atoms with Crippen molar-refractivity contribution >= 4 is 11.8 Å². The summed E-state index contributed by atoms with van der Waals surface area (Å²) in [6, 6.07) is 0. The summed E-state index contributed by atoms with van der Waals surface area (Å²) in [6.45, 7) is 4.08. The minimum Gasteiger partial charge on any atom is -0.337 e. The fourth-order valence-electron chi connectivity index (χ4n) is 4.19. The lowest BCUT2D eigenvalue weighted by Gasteiger charge is -2.26. The lowest BCUT2D eigenvalue weighted by molar-refractivity contribution is 0.0717. The van der Waals surface area contributed by atoms with E-state index < -0.39 is 0 Å². The molecule has 3 aliphatic rings. The SMILES string of the molecule is O=C(c1nc(C(=O)N2CCCC2)n2c1CCCC2)N1CCCCC1. The van der Waals surface area contributed by atoms with Crippen molar-refractivity contribution in [1.82, 2.24) is 19.4 Å². The molecule has 130 valence electrons. The van der Waals surface area contributed by atoms with Gasteiger partial charge < -0.3 is 14.4 Å². The van der Waals surface area contributed by atoms with Crippen LogP contribution in [0.3, 0.4) is 0 Å². The number of hydrogen-bond donors (Lipinski definition) is 0. The van der Waals surface area contributed by atoms with Crippen LogP contribution in [0.4, 0.5) is 0 Å². The van der Waals surface area contributed by atoms with Crippen LogP contribution in [0.5, 0.6) is 0 Å². The van der Waals surface area contributed by atoms with Crippen LogP contribution < -0.4 is 0 Å². The topological polar surface area (TPSA) is 58.4 Å². The van der Waals surface area contributed by atoms with Gasteiger partial charge in [0.1, 0.15) is 5.69 Å². The highest BCUT2D eigenvalue weighted by atomic mass is 16.2. The van der Waals surface area contributed by atoms with Gasteiger partial charge >= 0.3 is 0 Å². The molecule has 1 aromatic rings. The molecular formula is C18H26N4O2. The number of rotatable bonds is 2. The zero-order valence-electron chi connectivity index (χ0n) is 14.3. The summed E-state index contributed by atoms with van der Waals surface area (Å²) in [5.74, 6) is 0.529. The number of likely N-dealkylation sites (tertiary alicyclic amines) is 2. The molecule has 2 amide bonds. The Morgan fingerprint density at radius 1 is 0.708 bits per heavy atom. The zero-order chi connectivity index (χ0) is 16.5. The van der Waals surface area contributed by atoms with E-state index in [0.29, 0.717) is 11.5 Å². The molecule has 0 spiro atoms. The van der Waals surface area contributed by atoms with Gasteiger partial charge in [-0.3, -0.25) is 9.59 Å². The van der Waals surface area contributed by atoms with E-state index >= 15 is 0 Å². The normalized spacial score (nSPS) is 21.0. The summed E-state index contributed by atoms with van der Waals surface area (Å²) >= 11 is 0. The van der Waals surface area contributed by atoms with Gasteiger partial charge in [-0.15, -0.1) is 0 Å². The number of nitrogens with zero attached hydrogens (tertiary/aromatic N) is 4. The Kier molecular flexibility index (Phi) is 4.29. The van der Waals surface area contributed by atoms with Crippen LogP contribution in [-0.4, -0.2) is 57.3 Å². The van der Waals surface area contributed by atoms with Gasteiger partial charge in [0, 0.05) is 32.7 Å².